The van der Waals surface area contributed by atoms with Gasteiger partial charge in [-0.25, -0.2) is 0 Å². The Labute approximate surface area is 429 Å². The Morgan fingerprint density at radius 1 is 0.500 bits per heavy atom. The second-order valence-electron chi connectivity index (χ2n) is 19.7. The number of aliphatic hydroxyl groups excluding tert-OH is 5. The van der Waals surface area contributed by atoms with Gasteiger partial charge in [0, 0.05) is 6.42 Å². The first-order valence-electron chi connectivity index (χ1n) is 28.8. The molecule has 7 unspecified atom stereocenters. The zero-order chi connectivity index (χ0) is 50.8. The monoisotopic (exact) mass is 982 g/mol. The number of aliphatic hydroxyl groups is 5. The fourth-order valence-electron chi connectivity index (χ4n) is 8.73. The van der Waals surface area contributed by atoms with E-state index in [-0.39, 0.29) is 12.5 Å². The Kier molecular flexibility index (Phi) is 46.6. The number of ether oxygens (including phenoxy) is 2. The van der Waals surface area contributed by atoms with Crippen LogP contribution in [0.2, 0.25) is 0 Å². The van der Waals surface area contributed by atoms with E-state index >= 15 is 0 Å². The molecule has 1 aliphatic rings. The van der Waals surface area contributed by atoms with Gasteiger partial charge in [0.15, 0.2) is 6.29 Å². The second kappa shape index (κ2) is 49.9. The van der Waals surface area contributed by atoms with Crippen LogP contribution in [0.5, 0.6) is 0 Å². The van der Waals surface area contributed by atoms with E-state index in [9.17, 15) is 30.3 Å². The van der Waals surface area contributed by atoms with Crippen molar-refractivity contribution < 1.29 is 39.8 Å². The van der Waals surface area contributed by atoms with Gasteiger partial charge in [0.1, 0.15) is 24.4 Å². The molecule has 1 fully saturated rings. The number of carbonyl (C=O) groups is 1. The molecule has 1 saturated heterocycles. The molecule has 404 valence electrons. The van der Waals surface area contributed by atoms with E-state index in [0.717, 1.165) is 83.5 Å². The van der Waals surface area contributed by atoms with Crippen molar-refractivity contribution in [3.05, 3.63) is 85.1 Å². The van der Waals surface area contributed by atoms with Crippen LogP contribution in [0.4, 0.5) is 0 Å². The second-order valence-corrected chi connectivity index (χ2v) is 19.7. The van der Waals surface area contributed by atoms with Gasteiger partial charge in [-0.2, -0.15) is 0 Å². The van der Waals surface area contributed by atoms with Gasteiger partial charge in [-0.1, -0.05) is 247 Å². The van der Waals surface area contributed by atoms with E-state index in [1.165, 1.54) is 128 Å². The van der Waals surface area contributed by atoms with Crippen LogP contribution < -0.4 is 5.32 Å². The summed E-state index contributed by atoms with van der Waals surface area (Å²) in [5.41, 5.74) is 0. The maximum Gasteiger partial charge on any atom is 0.220 e. The highest BCUT2D eigenvalue weighted by atomic mass is 16.7. The summed E-state index contributed by atoms with van der Waals surface area (Å²) in [7, 11) is 0. The largest absolute Gasteiger partial charge is 0.394 e. The number of carbonyl (C=O) groups excluding carboxylic acids is 1. The van der Waals surface area contributed by atoms with Gasteiger partial charge < -0.3 is 40.3 Å². The molecule has 1 aliphatic heterocycles. The average Bonchev–Trinajstić information content (AvgIpc) is 3.36. The van der Waals surface area contributed by atoms with Crippen LogP contribution in [-0.2, 0) is 14.3 Å². The fraction of sp³-hybridized carbons (Fsp3) is 0.754. The van der Waals surface area contributed by atoms with Gasteiger partial charge in [-0.3, -0.25) is 4.79 Å². The van der Waals surface area contributed by atoms with E-state index in [4.69, 9.17) is 9.47 Å². The van der Waals surface area contributed by atoms with Crippen molar-refractivity contribution in [3.63, 3.8) is 0 Å². The molecule has 70 heavy (non-hydrogen) atoms. The van der Waals surface area contributed by atoms with Crippen LogP contribution in [0.3, 0.4) is 0 Å². The highest BCUT2D eigenvalue weighted by molar-refractivity contribution is 5.76. The van der Waals surface area contributed by atoms with E-state index < -0.39 is 49.5 Å². The van der Waals surface area contributed by atoms with Crippen LogP contribution in [0.1, 0.15) is 239 Å². The summed E-state index contributed by atoms with van der Waals surface area (Å²) >= 11 is 0. The lowest BCUT2D eigenvalue weighted by molar-refractivity contribution is -0.302. The molecule has 1 amide bonds. The Morgan fingerprint density at radius 3 is 1.31 bits per heavy atom. The van der Waals surface area contributed by atoms with Crippen LogP contribution in [0.15, 0.2) is 85.1 Å². The standard InChI is InChI=1S/C61H107NO8/c1-3-5-7-9-11-13-14-15-16-17-18-19-20-21-22-23-24-25-26-27-28-29-30-31-32-33-34-35-36-37-38-39-40-41-42-43-45-47-49-51-57(65)62-54(55(64)50-48-46-44-12-10-8-6-4-2)53-69-61-60(68)59(67)58(66)56(52-63)70-61/h5,7,11,13,15-16,18-19,21-22,24-25,27-28,54-56,58-61,63-64,66-68H,3-4,6,8-10,12,14,17,20,23,26,29-53H2,1-2H3,(H,62,65)/b7-5-,13-11-,16-15-,19-18-,22-21-,25-24-,28-27-. The van der Waals surface area contributed by atoms with Crippen molar-refractivity contribution in [1.82, 2.24) is 5.32 Å². The molecule has 1 rings (SSSR count). The number of hydrogen-bond donors (Lipinski definition) is 6. The molecule has 0 radical (unpaired) electrons. The molecule has 0 aromatic carbocycles. The minimum atomic E-state index is -1.55. The predicted octanol–water partition coefficient (Wildman–Crippen LogP) is 14.2. The first kappa shape index (κ1) is 65.4. The van der Waals surface area contributed by atoms with Crippen LogP contribution in [0.25, 0.3) is 0 Å². The number of allylic oxidation sites excluding steroid dienone is 14. The quantitative estimate of drug-likeness (QED) is 0.0261. The zero-order valence-electron chi connectivity index (χ0n) is 44.7. The van der Waals surface area contributed by atoms with E-state index in [2.05, 4.69) is 104 Å². The minimum Gasteiger partial charge on any atom is -0.394 e. The van der Waals surface area contributed by atoms with Crippen molar-refractivity contribution in [2.45, 2.75) is 281 Å². The number of unbranched alkanes of at least 4 members (excludes halogenated alkanes) is 24. The minimum absolute atomic E-state index is 0.139. The van der Waals surface area contributed by atoms with Crippen molar-refractivity contribution >= 4 is 5.91 Å². The van der Waals surface area contributed by atoms with Crippen molar-refractivity contribution in [2.24, 2.45) is 0 Å². The van der Waals surface area contributed by atoms with Crippen LogP contribution in [0, 0.1) is 0 Å². The summed E-state index contributed by atoms with van der Waals surface area (Å²) in [6.07, 6.45) is 63.7. The molecular weight excluding hydrogens is 875 g/mol. The lowest BCUT2D eigenvalue weighted by Gasteiger charge is -2.40. The van der Waals surface area contributed by atoms with Gasteiger partial charge in [0.2, 0.25) is 5.91 Å². The lowest BCUT2D eigenvalue weighted by atomic mass is 9.99. The molecule has 9 heteroatoms. The van der Waals surface area contributed by atoms with Crippen LogP contribution >= 0.6 is 0 Å². The number of amides is 1. The summed E-state index contributed by atoms with van der Waals surface area (Å²) in [5.74, 6) is -0.148. The molecule has 0 bridgehead atoms. The number of hydrogen-bond acceptors (Lipinski definition) is 8. The molecular formula is C61H107NO8. The summed E-state index contributed by atoms with van der Waals surface area (Å²) in [5, 5.41) is 54.3. The highest BCUT2D eigenvalue weighted by Crippen LogP contribution is 2.23. The highest BCUT2D eigenvalue weighted by Gasteiger charge is 2.44. The molecule has 0 aliphatic carbocycles. The first-order chi connectivity index (χ1) is 34.3. The normalized spacial score (nSPS) is 20.0. The van der Waals surface area contributed by atoms with Gasteiger partial charge >= 0.3 is 0 Å². The molecule has 7 atom stereocenters. The summed E-state index contributed by atoms with van der Waals surface area (Å²) in [6, 6.07) is -0.718. The maximum atomic E-state index is 13.0. The third kappa shape index (κ3) is 39.0. The third-order valence-electron chi connectivity index (χ3n) is 13.3. The molecule has 1 heterocycles. The molecule has 0 saturated carbocycles. The number of nitrogens with one attached hydrogen (secondary N) is 1. The lowest BCUT2D eigenvalue weighted by Crippen LogP contribution is -2.60. The molecule has 0 aromatic heterocycles. The Morgan fingerprint density at radius 2 is 0.886 bits per heavy atom. The van der Waals surface area contributed by atoms with Gasteiger partial charge in [-0.15, -0.1) is 0 Å². The zero-order valence-corrected chi connectivity index (χ0v) is 44.7. The molecule has 6 N–H and O–H groups in total. The van der Waals surface area contributed by atoms with Gasteiger partial charge in [0.25, 0.3) is 0 Å². The molecule has 9 nitrogen and oxygen atoms in total. The van der Waals surface area contributed by atoms with Gasteiger partial charge in [0.05, 0.1) is 25.4 Å². The fourth-order valence-corrected chi connectivity index (χ4v) is 8.73. The summed E-state index contributed by atoms with van der Waals surface area (Å²) in [6.45, 7) is 3.68. The van der Waals surface area contributed by atoms with Crippen molar-refractivity contribution in [3.8, 4) is 0 Å². The third-order valence-corrected chi connectivity index (χ3v) is 13.3. The van der Waals surface area contributed by atoms with E-state index in [0.29, 0.717) is 12.8 Å². The van der Waals surface area contributed by atoms with Crippen molar-refractivity contribution in [1.29, 1.82) is 0 Å². The first-order valence-corrected chi connectivity index (χ1v) is 28.8. The summed E-state index contributed by atoms with van der Waals surface area (Å²) < 4.78 is 11.2. The molecule has 0 aromatic rings. The van der Waals surface area contributed by atoms with Gasteiger partial charge in [-0.05, 0) is 70.6 Å². The average molecular weight is 983 g/mol. The predicted molar refractivity (Wildman–Crippen MR) is 295 cm³/mol. The smallest absolute Gasteiger partial charge is 0.220 e. The SMILES string of the molecule is CC/C=C\C/C=C\C/C=C\C/C=C\C/C=C\C/C=C\C/C=C\CCCCCCCCCCCCCCCCCCCC(=O)NC(COC1OC(CO)C(O)C(O)C1O)C(O)CCCCCCCCCC. The summed E-state index contributed by atoms with van der Waals surface area (Å²) in [4.78, 5) is 13.0. The Hall–Kier alpha value is -2.63. The Balaban J connectivity index is 2.03. The van der Waals surface area contributed by atoms with Crippen LogP contribution in [-0.4, -0.2) is 87.5 Å². The number of rotatable bonds is 48. The maximum absolute atomic E-state index is 13.0. The van der Waals surface area contributed by atoms with E-state index in [1.54, 1.807) is 0 Å². The van der Waals surface area contributed by atoms with Crippen molar-refractivity contribution in [2.75, 3.05) is 13.2 Å². The Bertz CT molecular complexity index is 1370. The molecule has 0 spiro atoms. The topological polar surface area (TPSA) is 149 Å². The van der Waals surface area contributed by atoms with E-state index in [1.807, 2.05) is 0 Å².